The van der Waals surface area contributed by atoms with Gasteiger partial charge in [-0.1, -0.05) is 23.2 Å². The molecule has 0 saturated carbocycles. The van der Waals surface area contributed by atoms with E-state index in [1.54, 1.807) is 41.3 Å². The number of hydrogen-bond donors (Lipinski definition) is 3. The van der Waals surface area contributed by atoms with E-state index in [1.807, 2.05) is 0 Å². The minimum absolute atomic E-state index is 0.150. The van der Waals surface area contributed by atoms with Gasteiger partial charge in [0.05, 0.1) is 0 Å². The number of nitrogens with zero attached hydrogens (tertiary/aromatic N) is 4. The molecule has 0 radical (unpaired) electrons. The predicted molar refractivity (Wildman–Crippen MR) is 120 cm³/mol. The summed E-state index contributed by atoms with van der Waals surface area (Å²) in [6.45, 7) is 3.86. The summed E-state index contributed by atoms with van der Waals surface area (Å²) in [7, 11) is 0. The molecular formula is C20H21Cl2N7O2. The van der Waals surface area contributed by atoms with Crippen LogP contribution in [0, 0.1) is 0 Å². The second kappa shape index (κ2) is 9.51. The monoisotopic (exact) mass is 461 g/mol. The molecule has 4 rings (SSSR count). The van der Waals surface area contributed by atoms with E-state index < -0.39 is 0 Å². The molecule has 2 aromatic carbocycles. The first-order valence-electron chi connectivity index (χ1n) is 9.81. The molecule has 2 heterocycles. The van der Waals surface area contributed by atoms with Crippen LogP contribution in [0.3, 0.4) is 0 Å². The van der Waals surface area contributed by atoms with Gasteiger partial charge in [0.25, 0.3) is 5.91 Å². The molecule has 0 aliphatic carbocycles. The molecular weight excluding hydrogens is 441 g/mol. The topological polar surface area (TPSA) is 106 Å². The number of H-pyrrole nitrogens is 1. The zero-order valence-electron chi connectivity index (χ0n) is 16.6. The lowest BCUT2D eigenvalue weighted by molar-refractivity contribution is 0.0943. The van der Waals surface area contributed by atoms with E-state index in [0.717, 1.165) is 18.6 Å². The number of hydrogen-bond acceptors (Lipinski definition) is 5. The fourth-order valence-electron chi connectivity index (χ4n) is 3.41. The lowest BCUT2D eigenvalue weighted by Crippen LogP contribution is -2.51. The number of fused-ring (bicyclic) bond motifs is 1. The molecule has 31 heavy (non-hydrogen) atoms. The Kier molecular flexibility index (Phi) is 6.55. The molecule has 1 saturated heterocycles. The Hall–Kier alpha value is -2.88. The zero-order chi connectivity index (χ0) is 21.8. The van der Waals surface area contributed by atoms with Crippen LogP contribution in [0.5, 0.6) is 0 Å². The number of rotatable bonds is 5. The van der Waals surface area contributed by atoms with E-state index in [1.165, 1.54) is 0 Å². The van der Waals surface area contributed by atoms with Gasteiger partial charge in [-0.05, 0) is 36.4 Å². The van der Waals surface area contributed by atoms with Gasteiger partial charge in [0, 0.05) is 60.6 Å². The molecule has 1 fully saturated rings. The van der Waals surface area contributed by atoms with Gasteiger partial charge < -0.3 is 15.5 Å². The van der Waals surface area contributed by atoms with Crippen LogP contribution >= 0.6 is 23.2 Å². The minimum Gasteiger partial charge on any atom is -0.351 e. The first-order valence-corrected chi connectivity index (χ1v) is 10.6. The van der Waals surface area contributed by atoms with Crippen molar-refractivity contribution in [2.24, 2.45) is 0 Å². The van der Waals surface area contributed by atoms with Crippen molar-refractivity contribution in [3.05, 3.63) is 52.0 Å². The average molecular weight is 462 g/mol. The Labute approximate surface area is 188 Å². The summed E-state index contributed by atoms with van der Waals surface area (Å²) in [5, 5.41) is 17.2. The van der Waals surface area contributed by atoms with E-state index in [-0.39, 0.29) is 11.9 Å². The highest BCUT2D eigenvalue weighted by atomic mass is 35.5. The van der Waals surface area contributed by atoms with Crippen LogP contribution in [0.4, 0.5) is 10.5 Å². The third-order valence-corrected chi connectivity index (χ3v) is 5.50. The van der Waals surface area contributed by atoms with Crippen molar-refractivity contribution in [2.75, 3.05) is 44.6 Å². The van der Waals surface area contributed by atoms with Gasteiger partial charge >= 0.3 is 6.03 Å². The van der Waals surface area contributed by atoms with Crippen molar-refractivity contribution in [1.82, 2.24) is 30.5 Å². The van der Waals surface area contributed by atoms with Gasteiger partial charge in [-0.2, -0.15) is 15.4 Å². The maximum atomic E-state index is 12.5. The number of amides is 3. The second-order valence-electron chi connectivity index (χ2n) is 7.20. The van der Waals surface area contributed by atoms with E-state index >= 15 is 0 Å². The third kappa shape index (κ3) is 5.43. The maximum absolute atomic E-state index is 12.5. The highest BCUT2D eigenvalue weighted by Crippen LogP contribution is 2.22. The fraction of sp³-hybridized carbons (Fsp3) is 0.300. The van der Waals surface area contributed by atoms with Crippen LogP contribution in [0.15, 0.2) is 36.4 Å². The van der Waals surface area contributed by atoms with Crippen molar-refractivity contribution in [2.45, 2.75) is 0 Å². The Morgan fingerprint density at radius 1 is 0.968 bits per heavy atom. The summed E-state index contributed by atoms with van der Waals surface area (Å²) in [4.78, 5) is 28.8. The highest BCUT2D eigenvalue weighted by molar-refractivity contribution is 6.35. The number of aromatic amines is 1. The van der Waals surface area contributed by atoms with Gasteiger partial charge in [-0.3, -0.25) is 9.69 Å². The van der Waals surface area contributed by atoms with E-state index in [0.29, 0.717) is 53.0 Å². The van der Waals surface area contributed by atoms with Gasteiger partial charge in [0.1, 0.15) is 11.0 Å². The van der Waals surface area contributed by atoms with Gasteiger partial charge in [0.2, 0.25) is 0 Å². The number of carbonyl (C=O) groups excluding carboxylic acids is 2. The number of halogens is 2. The van der Waals surface area contributed by atoms with E-state index in [9.17, 15) is 9.59 Å². The average Bonchev–Trinajstić information content (AvgIpc) is 3.21. The number of nitrogens with one attached hydrogen (secondary N) is 3. The summed E-state index contributed by atoms with van der Waals surface area (Å²) in [6, 6.07) is 9.94. The second-order valence-corrected chi connectivity index (χ2v) is 8.07. The molecule has 9 nitrogen and oxygen atoms in total. The quantitative estimate of drug-likeness (QED) is 0.541. The Bertz CT molecular complexity index is 1080. The summed E-state index contributed by atoms with van der Waals surface area (Å²) >= 11 is 12.0. The van der Waals surface area contributed by atoms with Crippen molar-refractivity contribution in [3.63, 3.8) is 0 Å². The van der Waals surface area contributed by atoms with Crippen LogP contribution < -0.4 is 10.6 Å². The van der Waals surface area contributed by atoms with Crippen molar-refractivity contribution in [3.8, 4) is 0 Å². The number of anilines is 1. The minimum atomic E-state index is -0.186. The number of benzene rings is 2. The maximum Gasteiger partial charge on any atom is 0.321 e. The van der Waals surface area contributed by atoms with Gasteiger partial charge in [-0.15, -0.1) is 0 Å². The Balaban J connectivity index is 1.20. The molecule has 3 aromatic rings. The molecule has 0 spiro atoms. The molecule has 162 valence electrons. The molecule has 1 aliphatic rings. The van der Waals surface area contributed by atoms with Gasteiger partial charge in [-0.25, -0.2) is 4.79 Å². The molecule has 11 heteroatoms. The summed E-state index contributed by atoms with van der Waals surface area (Å²) in [5.41, 5.74) is 2.49. The normalized spacial score (nSPS) is 14.6. The highest BCUT2D eigenvalue weighted by Gasteiger charge is 2.21. The summed E-state index contributed by atoms with van der Waals surface area (Å²) in [6.07, 6.45) is 0. The fourth-order valence-corrected chi connectivity index (χ4v) is 3.94. The van der Waals surface area contributed by atoms with Crippen molar-refractivity contribution >= 4 is 51.9 Å². The Morgan fingerprint density at radius 2 is 1.68 bits per heavy atom. The molecule has 0 atom stereocenters. The van der Waals surface area contributed by atoms with Crippen LogP contribution in [0.25, 0.3) is 11.0 Å². The van der Waals surface area contributed by atoms with Crippen molar-refractivity contribution < 1.29 is 9.59 Å². The van der Waals surface area contributed by atoms with Crippen LogP contribution in [-0.2, 0) is 0 Å². The smallest absolute Gasteiger partial charge is 0.321 e. The largest absolute Gasteiger partial charge is 0.351 e. The SMILES string of the molecule is O=C(NCCN1CCN(C(=O)Nc2cc(Cl)cc(Cl)c2)CC1)c1ccc2n[nH]nc2c1. The number of urea groups is 1. The summed E-state index contributed by atoms with van der Waals surface area (Å²) in [5.74, 6) is -0.150. The third-order valence-electron chi connectivity index (χ3n) is 5.07. The van der Waals surface area contributed by atoms with E-state index in [2.05, 4.69) is 30.9 Å². The molecule has 1 aliphatic heterocycles. The van der Waals surface area contributed by atoms with Gasteiger partial charge in [0.15, 0.2) is 0 Å². The zero-order valence-corrected chi connectivity index (χ0v) is 18.1. The molecule has 1 aromatic heterocycles. The van der Waals surface area contributed by atoms with Crippen LogP contribution in [0.1, 0.15) is 10.4 Å². The Morgan fingerprint density at radius 3 is 2.42 bits per heavy atom. The lowest BCUT2D eigenvalue weighted by atomic mass is 10.2. The van der Waals surface area contributed by atoms with Crippen molar-refractivity contribution in [1.29, 1.82) is 0 Å². The summed E-state index contributed by atoms with van der Waals surface area (Å²) < 4.78 is 0. The molecule has 3 N–H and O–H groups in total. The molecule has 0 unspecified atom stereocenters. The number of carbonyl (C=O) groups is 2. The standard InChI is InChI=1S/C20H21Cl2N7O2/c21-14-10-15(22)12-16(11-14)24-20(31)29-7-5-28(6-8-29)4-3-23-19(30)13-1-2-17-18(9-13)26-27-25-17/h1-2,9-12H,3-8H2,(H,23,30)(H,24,31)(H,25,26,27). The predicted octanol–water partition coefficient (Wildman–Crippen LogP) is 2.84. The number of piperazine rings is 1. The van der Waals surface area contributed by atoms with E-state index in [4.69, 9.17) is 23.2 Å². The van der Waals surface area contributed by atoms with Crippen LogP contribution in [0.2, 0.25) is 10.0 Å². The first-order chi connectivity index (χ1) is 15.0. The van der Waals surface area contributed by atoms with Crippen LogP contribution in [-0.4, -0.2) is 76.4 Å². The molecule has 0 bridgehead atoms. The number of aromatic nitrogens is 3. The first kappa shape index (κ1) is 21.4. The molecule has 3 amide bonds. The lowest BCUT2D eigenvalue weighted by Gasteiger charge is -2.34.